The van der Waals surface area contributed by atoms with Crippen LogP contribution in [-0.2, 0) is 11.2 Å². The SMILES string of the molecule is CC(C)n1cc(N)cc1C(=O)OCCc1ccncc1. The van der Waals surface area contributed by atoms with E-state index in [9.17, 15) is 4.79 Å². The van der Waals surface area contributed by atoms with Crippen molar-refractivity contribution in [2.24, 2.45) is 0 Å². The summed E-state index contributed by atoms with van der Waals surface area (Å²) in [6.07, 6.45) is 5.87. The minimum atomic E-state index is -0.343. The molecule has 2 rings (SSSR count). The number of carbonyl (C=O) groups is 1. The van der Waals surface area contributed by atoms with Crippen molar-refractivity contribution in [2.45, 2.75) is 26.3 Å². The van der Waals surface area contributed by atoms with Crippen LogP contribution in [0.15, 0.2) is 36.8 Å². The maximum atomic E-state index is 12.1. The molecule has 0 unspecified atom stereocenters. The molecule has 2 aromatic heterocycles. The molecule has 0 atom stereocenters. The number of aromatic nitrogens is 2. The number of hydrogen-bond acceptors (Lipinski definition) is 4. The van der Waals surface area contributed by atoms with E-state index in [0.29, 0.717) is 24.4 Å². The average molecular weight is 273 g/mol. The first-order valence-corrected chi connectivity index (χ1v) is 6.61. The van der Waals surface area contributed by atoms with Crippen molar-refractivity contribution in [1.29, 1.82) is 0 Å². The minimum absolute atomic E-state index is 0.162. The number of nitrogens with zero attached hydrogens (tertiary/aromatic N) is 2. The number of pyridine rings is 1. The summed E-state index contributed by atoms with van der Waals surface area (Å²) in [6.45, 7) is 4.33. The molecule has 20 heavy (non-hydrogen) atoms. The van der Waals surface area contributed by atoms with Crippen molar-refractivity contribution in [2.75, 3.05) is 12.3 Å². The summed E-state index contributed by atoms with van der Waals surface area (Å²) in [6, 6.07) is 5.62. The Morgan fingerprint density at radius 2 is 2.10 bits per heavy atom. The Balaban J connectivity index is 1.95. The van der Waals surface area contributed by atoms with Crippen molar-refractivity contribution in [1.82, 2.24) is 9.55 Å². The molecule has 0 spiro atoms. The fourth-order valence-corrected chi connectivity index (χ4v) is 1.98. The highest BCUT2D eigenvalue weighted by Crippen LogP contribution is 2.17. The van der Waals surface area contributed by atoms with E-state index in [1.807, 2.05) is 30.5 Å². The van der Waals surface area contributed by atoms with E-state index in [1.54, 1.807) is 24.7 Å². The molecule has 0 saturated heterocycles. The minimum Gasteiger partial charge on any atom is -0.461 e. The van der Waals surface area contributed by atoms with Gasteiger partial charge in [-0.15, -0.1) is 0 Å². The van der Waals surface area contributed by atoms with E-state index in [0.717, 1.165) is 5.56 Å². The molecule has 2 aromatic rings. The topological polar surface area (TPSA) is 70.1 Å². The van der Waals surface area contributed by atoms with Crippen LogP contribution >= 0.6 is 0 Å². The quantitative estimate of drug-likeness (QED) is 0.849. The van der Waals surface area contributed by atoms with Crippen LogP contribution in [0.3, 0.4) is 0 Å². The zero-order valence-electron chi connectivity index (χ0n) is 11.7. The van der Waals surface area contributed by atoms with E-state index in [2.05, 4.69) is 4.98 Å². The predicted molar refractivity (Wildman–Crippen MR) is 77.5 cm³/mol. The van der Waals surface area contributed by atoms with Gasteiger partial charge in [0, 0.05) is 31.1 Å². The maximum Gasteiger partial charge on any atom is 0.355 e. The van der Waals surface area contributed by atoms with Crippen LogP contribution in [-0.4, -0.2) is 22.1 Å². The van der Waals surface area contributed by atoms with Gasteiger partial charge in [-0.3, -0.25) is 4.98 Å². The molecule has 0 aliphatic rings. The Morgan fingerprint density at radius 3 is 2.75 bits per heavy atom. The van der Waals surface area contributed by atoms with Crippen molar-refractivity contribution in [3.8, 4) is 0 Å². The fraction of sp³-hybridized carbons (Fsp3) is 0.333. The first-order chi connectivity index (χ1) is 9.58. The van der Waals surface area contributed by atoms with Gasteiger partial charge in [0.1, 0.15) is 5.69 Å². The summed E-state index contributed by atoms with van der Waals surface area (Å²) in [7, 11) is 0. The lowest BCUT2D eigenvalue weighted by Crippen LogP contribution is -2.14. The van der Waals surface area contributed by atoms with Gasteiger partial charge in [-0.25, -0.2) is 4.79 Å². The van der Waals surface area contributed by atoms with Crippen molar-refractivity contribution in [3.63, 3.8) is 0 Å². The van der Waals surface area contributed by atoms with E-state index >= 15 is 0 Å². The number of nitrogens with two attached hydrogens (primary N) is 1. The van der Waals surface area contributed by atoms with Crippen LogP contribution in [0.1, 0.15) is 35.9 Å². The van der Waals surface area contributed by atoms with Crippen LogP contribution in [0, 0.1) is 0 Å². The van der Waals surface area contributed by atoms with E-state index in [4.69, 9.17) is 10.5 Å². The Kier molecular flexibility index (Phi) is 4.40. The number of hydrogen-bond donors (Lipinski definition) is 1. The molecular weight excluding hydrogens is 254 g/mol. The molecular formula is C15H19N3O2. The van der Waals surface area contributed by atoms with Gasteiger partial charge < -0.3 is 15.0 Å². The second-order valence-electron chi connectivity index (χ2n) is 4.90. The van der Waals surface area contributed by atoms with Gasteiger partial charge in [-0.2, -0.15) is 0 Å². The van der Waals surface area contributed by atoms with E-state index < -0.39 is 0 Å². The van der Waals surface area contributed by atoms with Gasteiger partial charge in [-0.05, 0) is 37.6 Å². The number of carbonyl (C=O) groups excluding carboxylic acids is 1. The Hall–Kier alpha value is -2.30. The third kappa shape index (κ3) is 3.38. The lowest BCUT2D eigenvalue weighted by atomic mass is 10.2. The number of anilines is 1. The number of ether oxygens (including phenoxy) is 1. The molecule has 0 radical (unpaired) electrons. The third-order valence-electron chi connectivity index (χ3n) is 3.01. The van der Waals surface area contributed by atoms with Gasteiger partial charge in [-0.1, -0.05) is 0 Å². The highest BCUT2D eigenvalue weighted by Gasteiger charge is 2.15. The Labute approximate surface area is 118 Å². The molecule has 5 nitrogen and oxygen atoms in total. The van der Waals surface area contributed by atoms with Gasteiger partial charge in [0.05, 0.1) is 12.3 Å². The normalized spacial score (nSPS) is 10.8. The molecule has 2 heterocycles. The summed E-state index contributed by atoms with van der Waals surface area (Å²) in [5, 5.41) is 0. The first kappa shape index (κ1) is 14.1. The smallest absolute Gasteiger partial charge is 0.355 e. The van der Waals surface area contributed by atoms with E-state index in [-0.39, 0.29) is 12.0 Å². The lowest BCUT2D eigenvalue weighted by molar-refractivity contribution is 0.0495. The zero-order valence-corrected chi connectivity index (χ0v) is 11.7. The Bertz CT molecular complexity index is 576. The first-order valence-electron chi connectivity index (χ1n) is 6.61. The summed E-state index contributed by atoms with van der Waals surface area (Å²) in [5.41, 5.74) is 7.89. The van der Waals surface area contributed by atoms with Crippen LogP contribution in [0.4, 0.5) is 5.69 Å². The molecule has 0 aliphatic heterocycles. The molecule has 106 valence electrons. The number of esters is 1. The average Bonchev–Trinajstić information content (AvgIpc) is 2.82. The molecule has 2 N–H and O–H groups in total. The van der Waals surface area contributed by atoms with Gasteiger partial charge >= 0.3 is 5.97 Å². The van der Waals surface area contributed by atoms with Crippen molar-refractivity contribution >= 4 is 11.7 Å². The maximum absolute atomic E-state index is 12.1. The highest BCUT2D eigenvalue weighted by molar-refractivity contribution is 5.89. The molecule has 0 saturated carbocycles. The van der Waals surface area contributed by atoms with Crippen LogP contribution in [0.2, 0.25) is 0 Å². The lowest BCUT2D eigenvalue weighted by Gasteiger charge is -2.12. The van der Waals surface area contributed by atoms with Crippen LogP contribution in [0.25, 0.3) is 0 Å². The fourth-order valence-electron chi connectivity index (χ4n) is 1.98. The van der Waals surface area contributed by atoms with Crippen molar-refractivity contribution in [3.05, 3.63) is 48.0 Å². The summed E-state index contributed by atoms with van der Waals surface area (Å²) < 4.78 is 7.12. The molecule has 0 amide bonds. The largest absolute Gasteiger partial charge is 0.461 e. The van der Waals surface area contributed by atoms with Gasteiger partial charge in [0.2, 0.25) is 0 Å². The number of nitrogen functional groups attached to an aromatic ring is 1. The summed E-state index contributed by atoms with van der Waals surface area (Å²) in [5.74, 6) is -0.343. The monoisotopic (exact) mass is 273 g/mol. The zero-order chi connectivity index (χ0) is 14.5. The van der Waals surface area contributed by atoms with Crippen LogP contribution < -0.4 is 5.73 Å². The van der Waals surface area contributed by atoms with Crippen molar-refractivity contribution < 1.29 is 9.53 Å². The summed E-state index contributed by atoms with van der Waals surface area (Å²) >= 11 is 0. The summed E-state index contributed by atoms with van der Waals surface area (Å²) in [4.78, 5) is 16.0. The van der Waals surface area contributed by atoms with Crippen LogP contribution in [0.5, 0.6) is 0 Å². The molecule has 5 heteroatoms. The third-order valence-corrected chi connectivity index (χ3v) is 3.01. The highest BCUT2D eigenvalue weighted by atomic mass is 16.5. The van der Waals surface area contributed by atoms with Gasteiger partial charge in [0.25, 0.3) is 0 Å². The second-order valence-corrected chi connectivity index (χ2v) is 4.90. The molecule has 0 fully saturated rings. The van der Waals surface area contributed by atoms with Gasteiger partial charge in [0.15, 0.2) is 0 Å². The molecule has 0 aliphatic carbocycles. The standard InChI is InChI=1S/C15H19N3O2/c1-11(2)18-10-13(16)9-14(18)15(19)20-8-5-12-3-6-17-7-4-12/h3-4,6-7,9-11H,5,8,16H2,1-2H3. The predicted octanol–water partition coefficient (Wildman–Crippen LogP) is 2.45. The Morgan fingerprint density at radius 1 is 1.40 bits per heavy atom. The van der Waals surface area contributed by atoms with E-state index in [1.165, 1.54) is 0 Å². The molecule has 0 bridgehead atoms. The second kappa shape index (κ2) is 6.23. The number of rotatable bonds is 5. The molecule has 0 aromatic carbocycles.